The largest absolute Gasteiger partial charge is 0.317 e. The summed E-state index contributed by atoms with van der Waals surface area (Å²) < 4.78 is 25.8. The van der Waals surface area contributed by atoms with E-state index in [4.69, 9.17) is 5.14 Å². The summed E-state index contributed by atoms with van der Waals surface area (Å²) >= 11 is 0. The molecule has 0 aromatic heterocycles. The molecule has 0 saturated carbocycles. The number of piperidine rings is 1. The highest BCUT2D eigenvalue weighted by Crippen LogP contribution is 2.35. The van der Waals surface area contributed by atoms with Gasteiger partial charge in [-0.25, -0.2) is 18.5 Å². The molecule has 0 aliphatic carbocycles. The van der Waals surface area contributed by atoms with E-state index in [9.17, 15) is 8.42 Å². The first-order chi connectivity index (χ1) is 16.0. The summed E-state index contributed by atoms with van der Waals surface area (Å²) in [7, 11) is -4.01. The summed E-state index contributed by atoms with van der Waals surface area (Å²) in [5, 5.41) is 20.7. The average molecular weight is 467 g/mol. The molecule has 9 heteroatoms. The van der Waals surface area contributed by atoms with E-state index < -0.39 is 10.0 Å². The Kier molecular flexibility index (Phi) is 6.38. The third-order valence-electron chi connectivity index (χ3n) is 6.92. The van der Waals surface area contributed by atoms with E-state index in [2.05, 4.69) is 50.1 Å². The van der Waals surface area contributed by atoms with Gasteiger partial charge in [-0.2, -0.15) is 5.11 Å². The predicted octanol–water partition coefficient (Wildman–Crippen LogP) is 2.79. The molecule has 2 fully saturated rings. The van der Waals surface area contributed by atoms with Crippen molar-refractivity contribution in [2.24, 2.45) is 26.3 Å². The number of rotatable bonds is 6. The zero-order valence-corrected chi connectivity index (χ0v) is 19.4. The van der Waals surface area contributed by atoms with Gasteiger partial charge in [0.2, 0.25) is 10.0 Å². The van der Waals surface area contributed by atoms with Crippen molar-refractivity contribution in [3.8, 4) is 11.1 Å². The van der Waals surface area contributed by atoms with Crippen LogP contribution in [0.15, 0.2) is 56.5 Å². The van der Waals surface area contributed by atoms with Crippen molar-refractivity contribution >= 4 is 15.9 Å². The van der Waals surface area contributed by atoms with Crippen LogP contribution in [0.2, 0.25) is 0 Å². The Labute approximate surface area is 194 Å². The Balaban J connectivity index is 1.61. The van der Waals surface area contributed by atoms with Crippen LogP contribution >= 0.6 is 0 Å². The smallest absolute Gasteiger partial charge is 0.239 e. The summed E-state index contributed by atoms with van der Waals surface area (Å²) in [4.78, 5) is 4.52. The summed E-state index contributed by atoms with van der Waals surface area (Å²) in [6, 6.07) is 12.3. The number of sulfonamides is 1. The van der Waals surface area contributed by atoms with Crippen LogP contribution < -0.4 is 15.8 Å². The van der Waals surface area contributed by atoms with Gasteiger partial charge >= 0.3 is 0 Å². The molecule has 3 heterocycles. The van der Waals surface area contributed by atoms with Gasteiger partial charge in [0, 0.05) is 12.1 Å². The predicted molar refractivity (Wildman–Crippen MR) is 129 cm³/mol. The number of primary sulfonamides is 1. The molecule has 174 valence electrons. The van der Waals surface area contributed by atoms with Gasteiger partial charge in [-0.05, 0) is 79.4 Å². The van der Waals surface area contributed by atoms with E-state index in [-0.39, 0.29) is 11.6 Å². The number of aliphatic imine (C=N–C) groups is 1. The topological polar surface area (TPSA) is 121 Å². The second-order valence-electron chi connectivity index (χ2n) is 9.10. The van der Waals surface area contributed by atoms with Crippen molar-refractivity contribution in [2.45, 2.75) is 36.5 Å². The maximum absolute atomic E-state index is 12.9. The van der Waals surface area contributed by atoms with E-state index in [1.165, 1.54) is 5.56 Å². The lowest BCUT2D eigenvalue weighted by Crippen LogP contribution is -2.29. The molecule has 0 radical (unpaired) electrons. The first-order valence-electron chi connectivity index (χ1n) is 11.6. The number of benzene rings is 2. The first kappa shape index (κ1) is 22.3. The second kappa shape index (κ2) is 9.42. The van der Waals surface area contributed by atoms with Gasteiger partial charge in [0.15, 0.2) is 12.5 Å². The van der Waals surface area contributed by atoms with Crippen molar-refractivity contribution < 1.29 is 8.42 Å². The Morgan fingerprint density at radius 2 is 1.73 bits per heavy atom. The number of nitrogens with zero attached hydrogens (tertiary/aromatic N) is 3. The molecule has 0 amide bonds. The van der Waals surface area contributed by atoms with Crippen molar-refractivity contribution in [1.82, 2.24) is 10.6 Å². The number of azo groups is 1. The fraction of sp³-hybridized carbons (Fsp3) is 0.458. The van der Waals surface area contributed by atoms with Crippen molar-refractivity contribution in [2.75, 3.05) is 32.8 Å². The van der Waals surface area contributed by atoms with Crippen LogP contribution in [-0.4, -0.2) is 47.1 Å². The number of amidine groups is 1. The van der Waals surface area contributed by atoms with Gasteiger partial charge in [0.25, 0.3) is 0 Å². The highest BCUT2D eigenvalue weighted by molar-refractivity contribution is 7.89. The standard InChI is InChI=1S/C24H30N6O2S/c25-33(31,32)23-19(13-16-7-10-26-11-8-16)5-6-21(22(23)24-28-15-29-30-24)18-3-1-17(2-4-18)20-9-12-27-14-20/h1-6,16,20,26-27H,7-15H2,(H2,25,31,32). The second-order valence-corrected chi connectivity index (χ2v) is 10.6. The van der Waals surface area contributed by atoms with Crippen LogP contribution in [0.4, 0.5) is 0 Å². The molecule has 3 aliphatic heterocycles. The minimum absolute atomic E-state index is 0.141. The molecule has 1 unspecified atom stereocenters. The summed E-state index contributed by atoms with van der Waals surface area (Å²) in [5.74, 6) is 1.26. The van der Waals surface area contributed by atoms with Crippen LogP contribution in [-0.2, 0) is 16.4 Å². The van der Waals surface area contributed by atoms with Crippen LogP contribution in [0.25, 0.3) is 11.1 Å². The van der Waals surface area contributed by atoms with E-state index in [0.717, 1.165) is 62.1 Å². The quantitative estimate of drug-likeness (QED) is 0.606. The molecule has 2 aromatic rings. The third kappa shape index (κ3) is 4.77. The molecule has 0 bridgehead atoms. The molecular formula is C24H30N6O2S. The molecule has 2 saturated heterocycles. The average Bonchev–Trinajstić information content (AvgIpc) is 3.53. The van der Waals surface area contributed by atoms with Gasteiger partial charge in [-0.1, -0.05) is 36.4 Å². The molecule has 5 rings (SSSR count). The summed E-state index contributed by atoms with van der Waals surface area (Å²) in [5.41, 5.74) is 4.19. The monoisotopic (exact) mass is 466 g/mol. The number of hydrogen-bond acceptors (Lipinski definition) is 7. The maximum Gasteiger partial charge on any atom is 0.239 e. The van der Waals surface area contributed by atoms with Gasteiger partial charge in [-0.3, -0.25) is 0 Å². The van der Waals surface area contributed by atoms with Gasteiger partial charge in [0.1, 0.15) is 0 Å². The Morgan fingerprint density at radius 1 is 0.970 bits per heavy atom. The van der Waals surface area contributed by atoms with Crippen LogP contribution in [0.1, 0.15) is 41.9 Å². The molecular weight excluding hydrogens is 436 g/mol. The van der Waals surface area contributed by atoms with Crippen LogP contribution in [0.3, 0.4) is 0 Å². The van der Waals surface area contributed by atoms with E-state index >= 15 is 0 Å². The van der Waals surface area contributed by atoms with Gasteiger partial charge in [0.05, 0.1) is 4.90 Å². The zero-order chi connectivity index (χ0) is 22.8. The van der Waals surface area contributed by atoms with E-state index in [1.54, 1.807) is 0 Å². The first-order valence-corrected chi connectivity index (χ1v) is 13.2. The zero-order valence-electron chi connectivity index (χ0n) is 18.6. The molecule has 3 aliphatic rings. The minimum atomic E-state index is -4.01. The maximum atomic E-state index is 12.9. The fourth-order valence-electron chi connectivity index (χ4n) is 5.20. The number of hydrogen-bond donors (Lipinski definition) is 3. The molecule has 1 atom stereocenters. The van der Waals surface area contributed by atoms with Crippen LogP contribution in [0, 0.1) is 5.92 Å². The Hall–Kier alpha value is -2.46. The minimum Gasteiger partial charge on any atom is -0.317 e. The normalized spacial score (nSPS) is 21.5. The van der Waals surface area contributed by atoms with Gasteiger partial charge in [-0.15, -0.1) is 5.11 Å². The summed E-state index contributed by atoms with van der Waals surface area (Å²) in [6.07, 6.45) is 3.82. The lowest BCUT2D eigenvalue weighted by molar-refractivity contribution is 0.371. The number of nitrogens with two attached hydrogens (primary N) is 1. The SMILES string of the molecule is NS(=O)(=O)c1c(CC2CCNCC2)ccc(-c2ccc(C3CCNC3)cc2)c1C1=NCN=N1. The van der Waals surface area contributed by atoms with E-state index in [0.29, 0.717) is 29.7 Å². The van der Waals surface area contributed by atoms with Crippen molar-refractivity contribution in [1.29, 1.82) is 0 Å². The van der Waals surface area contributed by atoms with Crippen molar-refractivity contribution in [3.05, 3.63) is 53.1 Å². The third-order valence-corrected chi connectivity index (χ3v) is 7.95. The molecule has 2 aromatic carbocycles. The number of nitrogens with one attached hydrogen (secondary N) is 2. The lowest BCUT2D eigenvalue weighted by Gasteiger charge is -2.24. The Morgan fingerprint density at radius 3 is 2.36 bits per heavy atom. The lowest BCUT2D eigenvalue weighted by atomic mass is 9.88. The molecule has 8 nitrogen and oxygen atoms in total. The molecule has 0 spiro atoms. The van der Waals surface area contributed by atoms with Crippen LogP contribution in [0.5, 0.6) is 0 Å². The highest BCUT2D eigenvalue weighted by atomic mass is 32.2. The molecule has 33 heavy (non-hydrogen) atoms. The fourth-order valence-corrected chi connectivity index (χ4v) is 6.21. The van der Waals surface area contributed by atoms with Crippen molar-refractivity contribution in [3.63, 3.8) is 0 Å². The Bertz CT molecular complexity index is 1180. The molecule has 4 N–H and O–H groups in total. The highest BCUT2D eigenvalue weighted by Gasteiger charge is 2.29. The summed E-state index contributed by atoms with van der Waals surface area (Å²) in [6.45, 7) is 4.12. The van der Waals surface area contributed by atoms with Gasteiger partial charge < -0.3 is 10.6 Å². The van der Waals surface area contributed by atoms with E-state index in [1.807, 2.05) is 12.1 Å².